The van der Waals surface area contributed by atoms with Crippen LogP contribution in [-0.4, -0.2) is 58.0 Å². The predicted octanol–water partition coefficient (Wildman–Crippen LogP) is 3.23. The zero-order valence-corrected chi connectivity index (χ0v) is 15.6. The second-order valence-electron chi connectivity index (χ2n) is 5.83. The summed E-state index contributed by atoms with van der Waals surface area (Å²) in [6, 6.07) is 8.26. The molecule has 0 radical (unpaired) electrons. The number of aryl methyl sites for hydroxylation is 1. The maximum atomic E-state index is 8.56. The molecule has 5 nitrogen and oxygen atoms in total. The van der Waals surface area contributed by atoms with Crippen molar-refractivity contribution in [3.05, 3.63) is 29.8 Å². The maximum Gasteiger partial charge on any atom is 0.122 e. The van der Waals surface area contributed by atoms with Gasteiger partial charge in [0.2, 0.25) is 0 Å². The Morgan fingerprint density at radius 1 is 0.760 bits per heavy atom. The summed E-state index contributed by atoms with van der Waals surface area (Å²) >= 11 is 0. The van der Waals surface area contributed by atoms with Crippen LogP contribution >= 0.6 is 0 Å². The van der Waals surface area contributed by atoms with E-state index < -0.39 is 0 Å². The van der Waals surface area contributed by atoms with Crippen LogP contribution in [0.1, 0.15) is 38.2 Å². The van der Waals surface area contributed by atoms with Gasteiger partial charge in [0.1, 0.15) is 12.4 Å². The lowest BCUT2D eigenvalue weighted by Gasteiger charge is -2.12. The normalized spacial score (nSPS) is 11.0. The van der Waals surface area contributed by atoms with E-state index >= 15 is 0 Å². The monoisotopic (exact) mass is 354 g/mol. The highest BCUT2D eigenvalue weighted by Gasteiger charge is 2.03. The number of hydrogen-bond donors (Lipinski definition) is 1. The molecule has 0 saturated carbocycles. The van der Waals surface area contributed by atoms with E-state index in [1.54, 1.807) is 0 Å². The van der Waals surface area contributed by atoms with Crippen LogP contribution in [0.25, 0.3) is 0 Å². The molecule has 0 spiro atoms. The fourth-order valence-electron chi connectivity index (χ4n) is 2.41. The molecule has 144 valence electrons. The Kier molecular flexibility index (Phi) is 14.3. The molecule has 0 saturated heterocycles. The van der Waals surface area contributed by atoms with E-state index in [1.165, 1.54) is 31.2 Å². The van der Waals surface area contributed by atoms with E-state index in [-0.39, 0.29) is 6.61 Å². The van der Waals surface area contributed by atoms with Crippen LogP contribution in [0.5, 0.6) is 5.75 Å². The smallest absolute Gasteiger partial charge is 0.122 e. The summed E-state index contributed by atoms with van der Waals surface area (Å²) in [5.41, 5.74) is 1.28. The molecule has 0 bridgehead atoms. The highest BCUT2D eigenvalue weighted by molar-refractivity contribution is 5.33. The summed E-state index contributed by atoms with van der Waals surface area (Å²) < 4.78 is 21.8. The fourth-order valence-corrected chi connectivity index (χ4v) is 2.41. The molecule has 0 unspecified atom stereocenters. The minimum atomic E-state index is 0.0466. The molecule has 0 aliphatic carbocycles. The number of benzene rings is 1. The molecule has 0 aliphatic rings. The molecular weight excluding hydrogens is 320 g/mol. The lowest BCUT2D eigenvalue weighted by Crippen LogP contribution is -2.13. The third-order valence-corrected chi connectivity index (χ3v) is 3.74. The van der Waals surface area contributed by atoms with Gasteiger partial charge in [-0.25, -0.2) is 0 Å². The Morgan fingerprint density at radius 2 is 1.40 bits per heavy atom. The molecule has 1 N–H and O–H groups in total. The Bertz CT molecular complexity index is 411. The van der Waals surface area contributed by atoms with Crippen LogP contribution in [0.4, 0.5) is 0 Å². The van der Waals surface area contributed by atoms with Crippen molar-refractivity contribution in [1.29, 1.82) is 0 Å². The Balaban J connectivity index is 2.04. The fraction of sp³-hybridized carbons (Fsp3) is 0.700. The molecule has 0 fully saturated rings. The Labute approximate surface area is 152 Å². The number of aliphatic hydroxyl groups excluding tert-OH is 1. The highest BCUT2D eigenvalue weighted by atomic mass is 16.6. The van der Waals surface area contributed by atoms with Gasteiger partial charge in [0.15, 0.2) is 0 Å². The topological polar surface area (TPSA) is 57.2 Å². The largest absolute Gasteiger partial charge is 0.491 e. The van der Waals surface area contributed by atoms with E-state index in [9.17, 15) is 0 Å². The number of para-hydroxylation sites is 1. The van der Waals surface area contributed by atoms with Crippen LogP contribution < -0.4 is 4.74 Å². The van der Waals surface area contributed by atoms with E-state index in [4.69, 9.17) is 24.1 Å². The van der Waals surface area contributed by atoms with Gasteiger partial charge in [-0.2, -0.15) is 0 Å². The SMILES string of the molecule is CCCCCCc1ccccc1OCCOCCOCCOCCO. The maximum absolute atomic E-state index is 8.56. The molecular formula is C20H34O5. The highest BCUT2D eigenvalue weighted by Crippen LogP contribution is 2.20. The van der Waals surface area contributed by atoms with Crippen LogP contribution in [0, 0.1) is 0 Å². The molecule has 0 aromatic heterocycles. The molecule has 1 aromatic rings. The lowest BCUT2D eigenvalue weighted by molar-refractivity contribution is 0.00357. The van der Waals surface area contributed by atoms with Gasteiger partial charge in [-0.05, 0) is 24.5 Å². The van der Waals surface area contributed by atoms with Crippen molar-refractivity contribution >= 4 is 0 Å². The number of hydrogen-bond acceptors (Lipinski definition) is 5. The Morgan fingerprint density at radius 3 is 2.08 bits per heavy atom. The minimum Gasteiger partial charge on any atom is -0.491 e. The molecule has 0 aliphatic heterocycles. The summed E-state index contributed by atoms with van der Waals surface area (Å²) in [6.45, 7) is 5.83. The van der Waals surface area contributed by atoms with Gasteiger partial charge in [0.25, 0.3) is 0 Å². The second kappa shape index (κ2) is 16.3. The molecule has 25 heavy (non-hydrogen) atoms. The zero-order valence-electron chi connectivity index (χ0n) is 15.6. The molecule has 0 atom stereocenters. The first kappa shape index (κ1) is 21.9. The predicted molar refractivity (Wildman–Crippen MR) is 99.3 cm³/mol. The summed E-state index contributed by atoms with van der Waals surface area (Å²) in [4.78, 5) is 0. The summed E-state index contributed by atoms with van der Waals surface area (Å²) in [6.07, 6.45) is 6.12. The van der Waals surface area contributed by atoms with Crippen LogP contribution in [0.2, 0.25) is 0 Å². The van der Waals surface area contributed by atoms with Crippen molar-refractivity contribution in [2.45, 2.75) is 39.0 Å². The summed E-state index contributed by atoms with van der Waals surface area (Å²) in [5.74, 6) is 0.972. The first-order valence-corrected chi connectivity index (χ1v) is 9.43. The zero-order chi connectivity index (χ0) is 18.0. The van der Waals surface area contributed by atoms with Crippen molar-refractivity contribution in [1.82, 2.24) is 0 Å². The number of aliphatic hydroxyl groups is 1. The third kappa shape index (κ3) is 11.9. The third-order valence-electron chi connectivity index (χ3n) is 3.74. The van der Waals surface area contributed by atoms with E-state index in [1.807, 2.05) is 12.1 Å². The molecule has 0 amide bonds. The van der Waals surface area contributed by atoms with Crippen molar-refractivity contribution in [3.8, 4) is 5.75 Å². The average molecular weight is 354 g/mol. The van der Waals surface area contributed by atoms with Gasteiger partial charge >= 0.3 is 0 Å². The van der Waals surface area contributed by atoms with Crippen LogP contribution in [-0.2, 0) is 20.6 Å². The minimum absolute atomic E-state index is 0.0466. The average Bonchev–Trinajstić information content (AvgIpc) is 2.64. The van der Waals surface area contributed by atoms with Crippen molar-refractivity contribution in [2.24, 2.45) is 0 Å². The first-order valence-electron chi connectivity index (χ1n) is 9.43. The van der Waals surface area contributed by atoms with Gasteiger partial charge in [-0.15, -0.1) is 0 Å². The van der Waals surface area contributed by atoms with Gasteiger partial charge in [-0.1, -0.05) is 44.4 Å². The standard InChI is InChI=1S/C20H34O5/c1-2-3-4-5-8-19-9-6-7-10-20(19)25-18-17-24-16-15-23-14-13-22-12-11-21/h6-7,9-10,21H,2-5,8,11-18H2,1H3. The summed E-state index contributed by atoms with van der Waals surface area (Å²) in [7, 11) is 0. The first-order chi connectivity index (χ1) is 12.4. The molecule has 5 heteroatoms. The van der Waals surface area contributed by atoms with Crippen LogP contribution in [0.3, 0.4) is 0 Å². The van der Waals surface area contributed by atoms with Gasteiger partial charge < -0.3 is 24.1 Å². The van der Waals surface area contributed by atoms with E-state index in [0.29, 0.717) is 46.2 Å². The van der Waals surface area contributed by atoms with Gasteiger partial charge in [0, 0.05) is 0 Å². The van der Waals surface area contributed by atoms with Crippen molar-refractivity contribution in [3.63, 3.8) is 0 Å². The lowest BCUT2D eigenvalue weighted by atomic mass is 10.1. The number of ether oxygens (including phenoxy) is 4. The quantitative estimate of drug-likeness (QED) is 0.435. The van der Waals surface area contributed by atoms with Crippen LogP contribution in [0.15, 0.2) is 24.3 Å². The van der Waals surface area contributed by atoms with E-state index in [2.05, 4.69) is 19.1 Å². The molecule has 1 aromatic carbocycles. The molecule has 1 rings (SSSR count). The van der Waals surface area contributed by atoms with Gasteiger partial charge in [0.05, 0.1) is 46.2 Å². The van der Waals surface area contributed by atoms with Gasteiger partial charge in [-0.3, -0.25) is 0 Å². The number of rotatable bonds is 17. The number of unbranched alkanes of at least 4 members (excludes halogenated alkanes) is 3. The second-order valence-corrected chi connectivity index (χ2v) is 5.83. The molecule has 0 heterocycles. The van der Waals surface area contributed by atoms with Crippen molar-refractivity contribution < 1.29 is 24.1 Å². The van der Waals surface area contributed by atoms with Crippen molar-refractivity contribution in [2.75, 3.05) is 52.9 Å². The summed E-state index contributed by atoms with van der Waals surface area (Å²) in [5, 5.41) is 8.56. The van der Waals surface area contributed by atoms with E-state index in [0.717, 1.165) is 12.2 Å². The Hall–Kier alpha value is -1.14.